The molecule has 2 aromatic rings. The number of nitrogens with one attached hydrogen (secondary N) is 1. The van der Waals surface area contributed by atoms with E-state index in [0.717, 1.165) is 34.4 Å². The Morgan fingerprint density at radius 2 is 2.25 bits per heavy atom. The van der Waals surface area contributed by atoms with E-state index in [4.69, 9.17) is 4.74 Å². The summed E-state index contributed by atoms with van der Waals surface area (Å²) in [5.41, 5.74) is 2.09. The van der Waals surface area contributed by atoms with Crippen molar-refractivity contribution in [2.75, 3.05) is 13.7 Å². The molecule has 2 rings (SSSR count). The van der Waals surface area contributed by atoms with Gasteiger partial charge in [0.25, 0.3) is 0 Å². The lowest BCUT2D eigenvalue weighted by atomic mass is 10.0. The van der Waals surface area contributed by atoms with Crippen LogP contribution in [0, 0.1) is 0 Å². The zero-order chi connectivity index (χ0) is 14.5. The van der Waals surface area contributed by atoms with Gasteiger partial charge in [0, 0.05) is 35.7 Å². The Bertz CT molecular complexity index is 570. The van der Waals surface area contributed by atoms with Gasteiger partial charge in [-0.15, -0.1) is 5.10 Å². The van der Waals surface area contributed by atoms with Crippen LogP contribution >= 0.6 is 15.9 Å². The molecule has 5 nitrogen and oxygen atoms in total. The fraction of sp³-hybridized carbons (Fsp3) is 0.429. The number of likely N-dealkylation sites (N-methyl/N-ethyl adjacent to an activating group) is 1. The van der Waals surface area contributed by atoms with Gasteiger partial charge in [-0.05, 0) is 18.7 Å². The number of aromatic nitrogens is 3. The van der Waals surface area contributed by atoms with E-state index in [-0.39, 0.29) is 6.04 Å². The van der Waals surface area contributed by atoms with Gasteiger partial charge in [-0.1, -0.05) is 34.1 Å². The number of halogens is 1. The zero-order valence-corrected chi connectivity index (χ0v) is 13.5. The monoisotopic (exact) mass is 338 g/mol. The fourth-order valence-electron chi connectivity index (χ4n) is 2.21. The third kappa shape index (κ3) is 3.58. The van der Waals surface area contributed by atoms with Gasteiger partial charge in [0.15, 0.2) is 0 Å². The van der Waals surface area contributed by atoms with Crippen molar-refractivity contribution in [1.29, 1.82) is 0 Å². The van der Waals surface area contributed by atoms with E-state index in [9.17, 15) is 0 Å². The Kier molecular flexibility index (Phi) is 5.14. The van der Waals surface area contributed by atoms with Gasteiger partial charge in [-0.3, -0.25) is 4.68 Å². The smallest absolute Gasteiger partial charge is 0.124 e. The van der Waals surface area contributed by atoms with Gasteiger partial charge in [-0.2, -0.15) is 0 Å². The molecule has 0 aliphatic carbocycles. The maximum absolute atomic E-state index is 5.49. The number of hydrogen-bond donors (Lipinski definition) is 1. The van der Waals surface area contributed by atoms with Gasteiger partial charge in [0.2, 0.25) is 0 Å². The maximum Gasteiger partial charge on any atom is 0.124 e. The lowest BCUT2D eigenvalue weighted by molar-refractivity contribution is 0.398. The van der Waals surface area contributed by atoms with Crippen molar-refractivity contribution in [3.8, 4) is 5.75 Å². The highest BCUT2D eigenvalue weighted by atomic mass is 79.9. The first-order valence-corrected chi connectivity index (χ1v) is 7.35. The zero-order valence-electron chi connectivity index (χ0n) is 11.9. The SMILES string of the molecule is CCNC(Cc1cn(C)nn1)c1ccc(Br)cc1OC. The summed E-state index contributed by atoms with van der Waals surface area (Å²) < 4.78 is 8.21. The van der Waals surface area contributed by atoms with Crippen LogP contribution in [0.1, 0.15) is 24.2 Å². The fourth-order valence-corrected chi connectivity index (χ4v) is 2.55. The first-order valence-electron chi connectivity index (χ1n) is 6.56. The predicted molar refractivity (Wildman–Crippen MR) is 81.8 cm³/mol. The number of benzene rings is 1. The Labute approximate surface area is 127 Å². The Morgan fingerprint density at radius 3 is 2.85 bits per heavy atom. The van der Waals surface area contributed by atoms with Crippen molar-refractivity contribution in [3.05, 3.63) is 40.1 Å². The van der Waals surface area contributed by atoms with E-state index in [1.807, 2.05) is 25.4 Å². The molecule has 1 aromatic carbocycles. The molecule has 1 unspecified atom stereocenters. The molecule has 0 aliphatic rings. The number of nitrogens with zero attached hydrogens (tertiary/aromatic N) is 3. The van der Waals surface area contributed by atoms with E-state index in [0.29, 0.717) is 0 Å². The Morgan fingerprint density at radius 1 is 1.45 bits per heavy atom. The number of rotatable bonds is 6. The number of aryl methyl sites for hydroxylation is 1. The number of hydrogen-bond acceptors (Lipinski definition) is 4. The first kappa shape index (κ1) is 15.0. The molecule has 1 atom stereocenters. The van der Waals surface area contributed by atoms with E-state index in [1.54, 1.807) is 11.8 Å². The van der Waals surface area contributed by atoms with Crippen LogP contribution in [0.15, 0.2) is 28.9 Å². The lowest BCUT2D eigenvalue weighted by Crippen LogP contribution is -2.23. The van der Waals surface area contributed by atoms with Crippen molar-refractivity contribution in [3.63, 3.8) is 0 Å². The summed E-state index contributed by atoms with van der Waals surface area (Å²) in [5.74, 6) is 0.870. The minimum atomic E-state index is 0.153. The summed E-state index contributed by atoms with van der Waals surface area (Å²) in [6, 6.07) is 6.24. The molecular weight excluding hydrogens is 320 g/mol. The van der Waals surface area contributed by atoms with E-state index >= 15 is 0 Å². The second-order valence-corrected chi connectivity index (χ2v) is 5.50. The van der Waals surface area contributed by atoms with Crippen molar-refractivity contribution < 1.29 is 4.74 Å². The van der Waals surface area contributed by atoms with Gasteiger partial charge in [-0.25, -0.2) is 0 Å². The number of ether oxygens (including phenoxy) is 1. The predicted octanol–water partition coefficient (Wildman–Crippen LogP) is 2.48. The second-order valence-electron chi connectivity index (χ2n) is 4.58. The first-order chi connectivity index (χ1) is 9.63. The molecule has 6 heteroatoms. The van der Waals surface area contributed by atoms with Gasteiger partial charge in [0.1, 0.15) is 5.75 Å². The van der Waals surface area contributed by atoms with Crippen LogP contribution in [0.25, 0.3) is 0 Å². The van der Waals surface area contributed by atoms with Gasteiger partial charge < -0.3 is 10.1 Å². The molecule has 0 amide bonds. The molecule has 0 spiro atoms. The highest BCUT2D eigenvalue weighted by Gasteiger charge is 2.17. The molecule has 0 fully saturated rings. The van der Waals surface area contributed by atoms with Crippen LogP contribution in [-0.2, 0) is 13.5 Å². The molecule has 20 heavy (non-hydrogen) atoms. The minimum Gasteiger partial charge on any atom is -0.496 e. The van der Waals surface area contributed by atoms with Gasteiger partial charge in [0.05, 0.1) is 12.8 Å². The molecule has 0 saturated heterocycles. The highest BCUT2D eigenvalue weighted by Crippen LogP contribution is 2.30. The third-order valence-electron chi connectivity index (χ3n) is 3.08. The van der Waals surface area contributed by atoms with Crippen LogP contribution in [0.4, 0.5) is 0 Å². The molecule has 1 aromatic heterocycles. The van der Waals surface area contributed by atoms with E-state index in [2.05, 4.69) is 44.5 Å². The summed E-state index contributed by atoms with van der Waals surface area (Å²) >= 11 is 3.47. The highest BCUT2D eigenvalue weighted by molar-refractivity contribution is 9.10. The largest absolute Gasteiger partial charge is 0.496 e. The Hall–Kier alpha value is -1.40. The van der Waals surface area contributed by atoms with Crippen LogP contribution < -0.4 is 10.1 Å². The normalized spacial score (nSPS) is 12.4. The molecule has 0 bridgehead atoms. The van der Waals surface area contributed by atoms with Crippen LogP contribution in [-0.4, -0.2) is 28.6 Å². The second kappa shape index (κ2) is 6.85. The average Bonchev–Trinajstić information content (AvgIpc) is 2.83. The molecule has 108 valence electrons. The van der Waals surface area contributed by atoms with Crippen molar-refractivity contribution in [1.82, 2.24) is 20.3 Å². The quantitative estimate of drug-likeness (QED) is 0.879. The molecule has 0 saturated carbocycles. The lowest BCUT2D eigenvalue weighted by Gasteiger charge is -2.20. The van der Waals surface area contributed by atoms with Crippen LogP contribution in [0.2, 0.25) is 0 Å². The van der Waals surface area contributed by atoms with Crippen molar-refractivity contribution in [2.45, 2.75) is 19.4 Å². The molecule has 1 N–H and O–H groups in total. The standard InChI is InChI=1S/C14H19BrN4O/c1-4-16-13(8-11-9-19(2)18-17-11)12-6-5-10(15)7-14(12)20-3/h5-7,9,13,16H,4,8H2,1-3H3. The molecule has 0 radical (unpaired) electrons. The summed E-state index contributed by atoms with van der Waals surface area (Å²) in [4.78, 5) is 0. The Balaban J connectivity index is 2.28. The van der Waals surface area contributed by atoms with Crippen molar-refractivity contribution in [2.24, 2.45) is 7.05 Å². The summed E-state index contributed by atoms with van der Waals surface area (Å²) in [7, 11) is 3.57. The van der Waals surface area contributed by atoms with E-state index < -0.39 is 0 Å². The van der Waals surface area contributed by atoms with Crippen molar-refractivity contribution >= 4 is 15.9 Å². The molecule has 0 aliphatic heterocycles. The minimum absolute atomic E-state index is 0.153. The van der Waals surface area contributed by atoms with Gasteiger partial charge >= 0.3 is 0 Å². The molecular formula is C14H19BrN4O. The van der Waals surface area contributed by atoms with E-state index in [1.165, 1.54) is 0 Å². The third-order valence-corrected chi connectivity index (χ3v) is 3.58. The topological polar surface area (TPSA) is 52.0 Å². The summed E-state index contributed by atoms with van der Waals surface area (Å²) in [5, 5.41) is 11.6. The maximum atomic E-state index is 5.49. The van der Waals surface area contributed by atoms with Crippen LogP contribution in [0.5, 0.6) is 5.75 Å². The summed E-state index contributed by atoms with van der Waals surface area (Å²) in [6.45, 7) is 2.97. The summed E-state index contributed by atoms with van der Waals surface area (Å²) in [6.07, 6.45) is 2.72. The van der Waals surface area contributed by atoms with Crippen LogP contribution in [0.3, 0.4) is 0 Å². The number of methoxy groups -OCH3 is 1. The average molecular weight is 339 g/mol. The molecule has 1 heterocycles.